The first-order chi connectivity index (χ1) is 12.6. The molecule has 0 saturated carbocycles. The zero-order valence-corrected chi connectivity index (χ0v) is 14.9. The van der Waals surface area contributed by atoms with Crippen LogP contribution in [-0.4, -0.2) is 24.3 Å². The quantitative estimate of drug-likeness (QED) is 0.503. The monoisotopic (exact) mass is 351 g/mol. The van der Waals surface area contributed by atoms with Gasteiger partial charge in [0, 0.05) is 17.6 Å². The molecule has 134 valence electrons. The van der Waals surface area contributed by atoms with Gasteiger partial charge in [-0.15, -0.1) is 0 Å². The van der Waals surface area contributed by atoms with Gasteiger partial charge in [0.25, 0.3) is 5.56 Å². The predicted molar refractivity (Wildman–Crippen MR) is 101 cm³/mol. The Kier molecular flexibility index (Phi) is 5.37. The molecule has 3 aromatic rings. The number of hydrogen-bond donors (Lipinski definition) is 0. The van der Waals surface area contributed by atoms with Crippen LogP contribution in [0.4, 0.5) is 0 Å². The van der Waals surface area contributed by atoms with Crippen molar-refractivity contribution in [3.05, 3.63) is 76.2 Å². The Morgan fingerprint density at radius 2 is 1.81 bits per heavy atom. The molecule has 26 heavy (non-hydrogen) atoms. The molecule has 0 atom stereocenters. The number of aromatic nitrogens is 1. The second-order valence-corrected chi connectivity index (χ2v) is 6.02. The highest BCUT2D eigenvalue weighted by Crippen LogP contribution is 2.25. The van der Waals surface area contributed by atoms with Crippen molar-refractivity contribution in [1.82, 2.24) is 4.57 Å². The molecule has 2 aromatic carbocycles. The number of hydrogen-bond acceptors (Lipinski definition) is 4. The fourth-order valence-electron chi connectivity index (χ4n) is 2.94. The zero-order chi connectivity index (χ0) is 18.5. The summed E-state index contributed by atoms with van der Waals surface area (Å²) in [6, 6.07) is 17.3. The number of nitrogens with zero attached hydrogens (tertiary/aromatic N) is 1. The van der Waals surface area contributed by atoms with Crippen LogP contribution in [-0.2, 0) is 11.3 Å². The Bertz CT molecular complexity index is 985. The lowest BCUT2D eigenvalue weighted by molar-refractivity contribution is 0.0598. The maximum absolute atomic E-state index is 12.5. The summed E-state index contributed by atoms with van der Waals surface area (Å²) in [7, 11) is 1.27. The zero-order valence-electron chi connectivity index (χ0n) is 14.9. The summed E-state index contributed by atoms with van der Waals surface area (Å²) >= 11 is 0. The first-order valence-corrected chi connectivity index (χ1v) is 8.51. The number of carbonyl (C=O) groups excluding carboxylic acids is 1. The third-order valence-electron chi connectivity index (χ3n) is 4.33. The van der Waals surface area contributed by atoms with Crippen LogP contribution in [0.15, 0.2) is 59.4 Å². The lowest BCUT2D eigenvalue weighted by atomic mass is 10.1. The van der Waals surface area contributed by atoms with Crippen LogP contribution in [0, 0.1) is 6.92 Å². The van der Waals surface area contributed by atoms with Crippen molar-refractivity contribution in [2.45, 2.75) is 19.9 Å². The van der Waals surface area contributed by atoms with E-state index in [9.17, 15) is 9.59 Å². The Morgan fingerprint density at radius 3 is 2.62 bits per heavy atom. The van der Waals surface area contributed by atoms with E-state index in [1.165, 1.54) is 13.2 Å². The fraction of sp³-hybridized carbons (Fsp3) is 0.238. The summed E-state index contributed by atoms with van der Waals surface area (Å²) in [5.41, 5.74) is 0.517. The maximum atomic E-state index is 12.5. The first kappa shape index (κ1) is 17.7. The second-order valence-electron chi connectivity index (χ2n) is 6.02. The number of pyridine rings is 1. The van der Waals surface area contributed by atoms with Crippen molar-refractivity contribution in [2.24, 2.45) is 0 Å². The molecule has 0 saturated heterocycles. The van der Waals surface area contributed by atoms with Crippen molar-refractivity contribution in [2.75, 3.05) is 13.7 Å². The summed E-state index contributed by atoms with van der Waals surface area (Å²) in [5, 5.41) is 2.19. The van der Waals surface area contributed by atoms with E-state index in [0.717, 1.165) is 22.2 Å². The number of ether oxygens (including phenoxy) is 2. The van der Waals surface area contributed by atoms with E-state index in [1.807, 2.05) is 49.4 Å². The fourth-order valence-corrected chi connectivity index (χ4v) is 2.94. The van der Waals surface area contributed by atoms with Gasteiger partial charge in [-0.1, -0.05) is 36.4 Å². The van der Waals surface area contributed by atoms with E-state index in [1.54, 1.807) is 10.6 Å². The van der Waals surface area contributed by atoms with Crippen molar-refractivity contribution >= 4 is 16.7 Å². The average Bonchev–Trinajstić information content (AvgIpc) is 2.67. The minimum absolute atomic E-state index is 0.0491. The van der Waals surface area contributed by atoms with Crippen molar-refractivity contribution in [3.8, 4) is 5.75 Å². The molecule has 0 spiro atoms. The topological polar surface area (TPSA) is 57.5 Å². The van der Waals surface area contributed by atoms with Gasteiger partial charge in [0.2, 0.25) is 0 Å². The Balaban J connectivity index is 1.69. The molecular weight excluding hydrogens is 330 g/mol. The molecule has 1 heterocycles. The molecule has 0 amide bonds. The maximum Gasteiger partial charge on any atom is 0.343 e. The summed E-state index contributed by atoms with van der Waals surface area (Å²) in [6.45, 7) is 2.79. The Labute approximate surface area is 151 Å². The van der Waals surface area contributed by atoms with Crippen LogP contribution in [0.5, 0.6) is 5.75 Å². The van der Waals surface area contributed by atoms with Gasteiger partial charge >= 0.3 is 5.97 Å². The van der Waals surface area contributed by atoms with E-state index in [-0.39, 0.29) is 11.1 Å². The van der Waals surface area contributed by atoms with E-state index < -0.39 is 5.97 Å². The molecule has 0 aliphatic heterocycles. The second kappa shape index (κ2) is 7.87. The van der Waals surface area contributed by atoms with Crippen LogP contribution in [0.2, 0.25) is 0 Å². The Hall–Kier alpha value is -3.08. The number of methoxy groups -OCH3 is 1. The van der Waals surface area contributed by atoms with E-state index in [2.05, 4.69) is 4.74 Å². The number of fused-ring (bicyclic) bond motifs is 1. The number of carbonyl (C=O) groups is 1. The molecule has 0 aliphatic rings. The van der Waals surface area contributed by atoms with Gasteiger partial charge in [-0.25, -0.2) is 4.79 Å². The third kappa shape index (κ3) is 3.61. The first-order valence-electron chi connectivity index (χ1n) is 8.51. The van der Waals surface area contributed by atoms with Crippen molar-refractivity contribution in [1.29, 1.82) is 0 Å². The van der Waals surface area contributed by atoms with Crippen LogP contribution >= 0.6 is 0 Å². The van der Waals surface area contributed by atoms with Gasteiger partial charge < -0.3 is 14.0 Å². The largest absolute Gasteiger partial charge is 0.493 e. The normalized spacial score (nSPS) is 10.7. The molecule has 0 N–H and O–H groups in total. The molecule has 5 nitrogen and oxygen atoms in total. The number of benzene rings is 2. The van der Waals surface area contributed by atoms with Crippen LogP contribution < -0.4 is 10.3 Å². The van der Waals surface area contributed by atoms with Gasteiger partial charge in [0.1, 0.15) is 11.3 Å². The van der Waals surface area contributed by atoms with Crippen LogP contribution in [0.25, 0.3) is 10.8 Å². The lowest BCUT2D eigenvalue weighted by Gasteiger charge is -2.13. The number of rotatable bonds is 6. The molecule has 0 radical (unpaired) electrons. The van der Waals surface area contributed by atoms with Gasteiger partial charge in [-0.3, -0.25) is 4.79 Å². The summed E-state index contributed by atoms with van der Waals surface area (Å²) < 4.78 is 12.2. The molecule has 5 heteroatoms. The minimum Gasteiger partial charge on any atom is -0.493 e. The molecule has 0 bridgehead atoms. The summed E-state index contributed by atoms with van der Waals surface area (Å²) in [4.78, 5) is 24.1. The van der Waals surface area contributed by atoms with Gasteiger partial charge in [-0.2, -0.15) is 0 Å². The SMILES string of the molecule is COC(=O)c1ccc(C)n(CCCOc2cccc3ccccc23)c1=O. The summed E-state index contributed by atoms with van der Waals surface area (Å²) in [5.74, 6) is 0.214. The summed E-state index contributed by atoms with van der Waals surface area (Å²) in [6.07, 6.45) is 0.647. The van der Waals surface area contributed by atoms with E-state index >= 15 is 0 Å². The van der Waals surface area contributed by atoms with E-state index in [4.69, 9.17) is 4.74 Å². The Morgan fingerprint density at radius 1 is 1.04 bits per heavy atom. The minimum atomic E-state index is -0.615. The van der Waals surface area contributed by atoms with Crippen LogP contribution in [0.3, 0.4) is 0 Å². The van der Waals surface area contributed by atoms with Gasteiger partial charge in [0.15, 0.2) is 0 Å². The highest BCUT2D eigenvalue weighted by atomic mass is 16.5. The molecule has 0 aliphatic carbocycles. The van der Waals surface area contributed by atoms with E-state index in [0.29, 0.717) is 19.6 Å². The average molecular weight is 351 g/mol. The number of aryl methyl sites for hydroxylation is 1. The standard InChI is InChI=1S/C21H21NO4/c1-15-11-12-18(21(24)25-2)20(23)22(15)13-6-14-26-19-10-5-8-16-7-3-4-9-17(16)19/h3-5,7-12H,6,13-14H2,1-2H3. The van der Waals surface area contributed by atoms with Gasteiger partial charge in [-0.05, 0) is 36.9 Å². The van der Waals surface area contributed by atoms with Crippen LogP contribution in [0.1, 0.15) is 22.5 Å². The lowest BCUT2D eigenvalue weighted by Crippen LogP contribution is -2.29. The molecule has 0 unspecified atom stereocenters. The molecule has 0 fully saturated rings. The number of esters is 1. The third-order valence-corrected chi connectivity index (χ3v) is 4.33. The molecular formula is C21H21NO4. The molecule has 3 rings (SSSR count). The predicted octanol–water partition coefficient (Wildman–Crippen LogP) is 3.57. The highest BCUT2D eigenvalue weighted by Gasteiger charge is 2.13. The van der Waals surface area contributed by atoms with Crippen molar-refractivity contribution < 1.29 is 14.3 Å². The van der Waals surface area contributed by atoms with Gasteiger partial charge in [0.05, 0.1) is 13.7 Å². The highest BCUT2D eigenvalue weighted by molar-refractivity contribution is 5.89. The molecule has 1 aromatic heterocycles. The van der Waals surface area contributed by atoms with Crippen molar-refractivity contribution in [3.63, 3.8) is 0 Å². The smallest absolute Gasteiger partial charge is 0.343 e.